The van der Waals surface area contributed by atoms with Crippen molar-refractivity contribution in [3.63, 3.8) is 0 Å². The maximum absolute atomic E-state index is 13.6. The number of carbonyl (C=O) groups is 2. The van der Waals surface area contributed by atoms with E-state index in [1.54, 1.807) is 12.1 Å². The highest BCUT2D eigenvalue weighted by atomic mass is 16.2. The van der Waals surface area contributed by atoms with E-state index >= 15 is 0 Å². The third-order valence-corrected chi connectivity index (χ3v) is 6.51. The van der Waals surface area contributed by atoms with Crippen molar-refractivity contribution in [3.8, 4) is 11.1 Å². The fraction of sp³-hybridized carbons (Fsp3) is 0.167. The average Bonchev–Trinajstić information content (AvgIpc) is 3.23. The van der Waals surface area contributed by atoms with E-state index in [4.69, 9.17) is 0 Å². The normalized spacial score (nSPS) is 21.0. The zero-order chi connectivity index (χ0) is 18.2. The van der Waals surface area contributed by atoms with Crippen molar-refractivity contribution in [2.75, 3.05) is 11.4 Å². The highest BCUT2D eigenvalue weighted by molar-refractivity contribution is 6.30. The number of carbonyl (C=O) groups excluding carboxylic acids is 2. The molecular formula is C24H17NO2. The van der Waals surface area contributed by atoms with Crippen molar-refractivity contribution >= 4 is 17.3 Å². The molecule has 3 heteroatoms. The zero-order valence-corrected chi connectivity index (χ0v) is 14.7. The topological polar surface area (TPSA) is 37.4 Å². The predicted molar refractivity (Wildman–Crippen MR) is 104 cm³/mol. The van der Waals surface area contributed by atoms with E-state index in [1.807, 2.05) is 36.4 Å². The second-order valence-electron chi connectivity index (χ2n) is 7.63. The summed E-state index contributed by atoms with van der Waals surface area (Å²) < 4.78 is 0. The Hall–Kier alpha value is -3.20. The van der Waals surface area contributed by atoms with Gasteiger partial charge in [-0.1, -0.05) is 66.7 Å². The number of anilines is 1. The minimum absolute atomic E-state index is 0.00946. The minimum atomic E-state index is -1.01. The Bertz CT molecular complexity index is 1110. The van der Waals surface area contributed by atoms with Gasteiger partial charge in [-0.3, -0.25) is 9.59 Å². The average molecular weight is 351 g/mol. The van der Waals surface area contributed by atoms with Crippen molar-refractivity contribution in [1.82, 2.24) is 0 Å². The molecule has 1 aliphatic carbocycles. The van der Waals surface area contributed by atoms with Crippen molar-refractivity contribution in [1.29, 1.82) is 0 Å². The first-order valence-corrected chi connectivity index (χ1v) is 9.37. The summed E-state index contributed by atoms with van der Waals surface area (Å²) in [7, 11) is 0. The fourth-order valence-electron chi connectivity index (χ4n) is 5.39. The van der Waals surface area contributed by atoms with Crippen LogP contribution in [-0.4, -0.2) is 18.1 Å². The van der Waals surface area contributed by atoms with Gasteiger partial charge in [0.1, 0.15) is 5.41 Å². The first-order chi connectivity index (χ1) is 13.2. The van der Waals surface area contributed by atoms with Crippen LogP contribution in [0.25, 0.3) is 11.1 Å². The van der Waals surface area contributed by atoms with E-state index in [1.165, 1.54) is 5.56 Å². The molecule has 0 radical (unpaired) electrons. The van der Waals surface area contributed by atoms with Crippen molar-refractivity contribution in [2.24, 2.45) is 5.41 Å². The maximum Gasteiger partial charge on any atom is 0.180 e. The molecule has 1 saturated heterocycles. The molecule has 0 bridgehead atoms. The molecule has 3 nitrogen and oxygen atoms in total. The second kappa shape index (κ2) is 4.95. The van der Waals surface area contributed by atoms with Crippen LogP contribution >= 0.6 is 0 Å². The molecule has 6 rings (SSSR count). The SMILES string of the molecule is O=C1c2ccccc2C(=O)C12CCN1c3ccccc3-c3ccccc3[C@@H]12. The van der Waals surface area contributed by atoms with Gasteiger partial charge in [-0.15, -0.1) is 0 Å². The summed E-state index contributed by atoms with van der Waals surface area (Å²) in [5, 5.41) is 0. The van der Waals surface area contributed by atoms with Gasteiger partial charge in [-0.05, 0) is 23.6 Å². The third-order valence-electron chi connectivity index (χ3n) is 6.51. The van der Waals surface area contributed by atoms with Crippen LogP contribution in [0, 0.1) is 5.41 Å². The lowest BCUT2D eigenvalue weighted by molar-refractivity contribution is 0.0680. The second-order valence-corrected chi connectivity index (χ2v) is 7.63. The monoisotopic (exact) mass is 351 g/mol. The summed E-state index contributed by atoms with van der Waals surface area (Å²) in [5.41, 5.74) is 4.68. The number of nitrogens with zero attached hydrogens (tertiary/aromatic N) is 1. The Kier molecular flexibility index (Phi) is 2.73. The fourth-order valence-corrected chi connectivity index (χ4v) is 5.39. The molecule has 3 aromatic rings. The van der Waals surface area contributed by atoms with E-state index in [2.05, 4.69) is 29.2 Å². The van der Waals surface area contributed by atoms with Gasteiger partial charge >= 0.3 is 0 Å². The lowest BCUT2D eigenvalue weighted by Gasteiger charge is -2.40. The van der Waals surface area contributed by atoms with Crippen LogP contribution < -0.4 is 4.90 Å². The van der Waals surface area contributed by atoms with Gasteiger partial charge in [0.2, 0.25) is 0 Å². The number of Topliss-reactive ketones (excluding diaryl/α,β-unsaturated/α-hetero) is 2. The number of ketones is 2. The molecule has 1 atom stereocenters. The van der Waals surface area contributed by atoms with Gasteiger partial charge < -0.3 is 4.90 Å². The first kappa shape index (κ1) is 14.9. The summed E-state index contributed by atoms with van der Waals surface area (Å²) in [5.74, 6) is -0.0189. The number of fused-ring (bicyclic) bond motifs is 8. The van der Waals surface area contributed by atoms with E-state index in [0.29, 0.717) is 24.1 Å². The largest absolute Gasteiger partial charge is 0.362 e. The van der Waals surface area contributed by atoms with Gasteiger partial charge in [0.05, 0.1) is 6.04 Å². The Morgan fingerprint density at radius 2 is 1.26 bits per heavy atom. The molecule has 0 unspecified atom stereocenters. The molecule has 1 spiro atoms. The number of benzene rings is 3. The quantitative estimate of drug-likeness (QED) is 0.552. The smallest absolute Gasteiger partial charge is 0.180 e. The lowest BCUT2D eigenvalue weighted by Crippen LogP contribution is -2.41. The summed E-state index contributed by atoms with van der Waals surface area (Å²) in [6, 6.07) is 23.6. The molecule has 0 aromatic heterocycles. The molecular weight excluding hydrogens is 334 g/mol. The molecule has 3 aromatic carbocycles. The van der Waals surface area contributed by atoms with Gasteiger partial charge in [0.25, 0.3) is 0 Å². The lowest BCUT2D eigenvalue weighted by atomic mass is 9.70. The highest BCUT2D eigenvalue weighted by Crippen LogP contribution is 2.60. The molecule has 27 heavy (non-hydrogen) atoms. The van der Waals surface area contributed by atoms with E-state index in [9.17, 15) is 9.59 Å². The van der Waals surface area contributed by atoms with Crippen LogP contribution in [0.15, 0.2) is 72.8 Å². The predicted octanol–water partition coefficient (Wildman–Crippen LogP) is 4.68. The molecule has 2 aliphatic heterocycles. The molecule has 130 valence electrons. The number of hydrogen-bond acceptors (Lipinski definition) is 3. The molecule has 2 heterocycles. The Morgan fingerprint density at radius 3 is 1.96 bits per heavy atom. The van der Waals surface area contributed by atoms with E-state index in [0.717, 1.165) is 16.8 Å². The number of rotatable bonds is 0. The molecule has 0 N–H and O–H groups in total. The Balaban J connectivity index is 1.64. The first-order valence-electron chi connectivity index (χ1n) is 9.37. The zero-order valence-electron chi connectivity index (χ0n) is 14.7. The van der Waals surface area contributed by atoms with Crippen molar-refractivity contribution in [2.45, 2.75) is 12.5 Å². The van der Waals surface area contributed by atoms with E-state index < -0.39 is 5.41 Å². The molecule has 0 amide bonds. The van der Waals surface area contributed by atoms with Crippen LogP contribution in [0.5, 0.6) is 0 Å². The van der Waals surface area contributed by atoms with Crippen molar-refractivity contribution in [3.05, 3.63) is 89.5 Å². The van der Waals surface area contributed by atoms with Crippen LogP contribution in [-0.2, 0) is 0 Å². The third kappa shape index (κ3) is 1.63. The Morgan fingerprint density at radius 1 is 0.704 bits per heavy atom. The summed E-state index contributed by atoms with van der Waals surface area (Å²) in [6.45, 7) is 0.710. The summed E-state index contributed by atoms with van der Waals surface area (Å²) >= 11 is 0. The van der Waals surface area contributed by atoms with E-state index in [-0.39, 0.29) is 17.6 Å². The Labute approximate surface area is 157 Å². The van der Waals surface area contributed by atoms with Crippen LogP contribution in [0.4, 0.5) is 5.69 Å². The maximum atomic E-state index is 13.6. The summed E-state index contributed by atoms with van der Waals surface area (Å²) in [6.07, 6.45) is 0.562. The highest BCUT2D eigenvalue weighted by Gasteiger charge is 2.63. The van der Waals surface area contributed by atoms with Crippen LogP contribution in [0.2, 0.25) is 0 Å². The summed E-state index contributed by atoms with van der Waals surface area (Å²) in [4.78, 5) is 29.4. The van der Waals surface area contributed by atoms with Gasteiger partial charge in [-0.2, -0.15) is 0 Å². The molecule has 0 saturated carbocycles. The molecule has 1 fully saturated rings. The van der Waals surface area contributed by atoms with Gasteiger partial charge in [0, 0.05) is 28.9 Å². The van der Waals surface area contributed by atoms with Gasteiger partial charge in [-0.25, -0.2) is 0 Å². The number of para-hydroxylation sites is 1. The van der Waals surface area contributed by atoms with Crippen LogP contribution in [0.3, 0.4) is 0 Å². The minimum Gasteiger partial charge on any atom is -0.362 e. The standard InChI is InChI=1S/C24H17NO2/c26-22-18-10-3-4-11-19(18)23(27)24(22)13-14-25-20-12-6-5-8-16(20)15-7-1-2-9-17(15)21(24)25/h1-12,21H,13-14H2/t21-/m1/s1. The van der Waals surface area contributed by atoms with Crippen LogP contribution in [0.1, 0.15) is 38.7 Å². The van der Waals surface area contributed by atoms with Crippen molar-refractivity contribution < 1.29 is 9.59 Å². The van der Waals surface area contributed by atoms with Gasteiger partial charge in [0.15, 0.2) is 11.6 Å². The number of hydrogen-bond donors (Lipinski definition) is 0. The molecule has 3 aliphatic rings.